The molecule has 3 aliphatic heterocycles. The highest BCUT2D eigenvalue weighted by atomic mass is 35.5. The van der Waals surface area contributed by atoms with Crippen molar-refractivity contribution in [2.24, 2.45) is 17.3 Å². The third-order valence-corrected chi connectivity index (χ3v) is 18.7. The van der Waals surface area contributed by atoms with E-state index in [2.05, 4.69) is 5.32 Å². The Bertz CT molecular complexity index is 2570. The smallest absolute Gasteiger partial charge is 0.409 e. The lowest BCUT2D eigenvalue weighted by Crippen LogP contribution is -2.63. The Morgan fingerprint density at radius 2 is 1.62 bits per heavy atom. The van der Waals surface area contributed by atoms with Crippen molar-refractivity contribution in [2.75, 3.05) is 78.5 Å². The predicted molar refractivity (Wildman–Crippen MR) is 289 cm³/mol. The van der Waals surface area contributed by atoms with Crippen LogP contribution in [0.5, 0.6) is 5.75 Å². The largest absolute Gasteiger partial charge is 0.495 e. The molecule has 4 bridgehead atoms. The van der Waals surface area contributed by atoms with Gasteiger partial charge in [0.1, 0.15) is 35.1 Å². The highest BCUT2D eigenvalue weighted by molar-refractivity contribution is 7.99. The minimum absolute atomic E-state index is 0.0171. The summed E-state index contributed by atoms with van der Waals surface area (Å²) in [6.45, 7) is 7.86. The number of benzene rings is 1. The maximum Gasteiger partial charge on any atom is 0.409 e. The molecule has 2 fully saturated rings. The lowest BCUT2D eigenvalue weighted by Gasteiger charge is -2.42. The molecule has 1 aromatic rings. The molecule has 0 spiro atoms. The van der Waals surface area contributed by atoms with Gasteiger partial charge in [-0.05, 0) is 69.1 Å². The number of likely N-dealkylation sites (N-methyl/N-ethyl adjacent to an activating group) is 3. The number of nitrogens with one attached hydrogen (secondary N) is 1. The van der Waals surface area contributed by atoms with Crippen molar-refractivity contribution in [1.82, 2.24) is 24.3 Å². The van der Waals surface area contributed by atoms with Crippen LogP contribution >= 0.6 is 35.0 Å². The summed E-state index contributed by atoms with van der Waals surface area (Å²) in [4.78, 5) is 98.3. The van der Waals surface area contributed by atoms with Crippen LogP contribution in [-0.2, 0) is 59.4 Å². The van der Waals surface area contributed by atoms with Crippen molar-refractivity contribution in [3.8, 4) is 5.75 Å². The van der Waals surface area contributed by atoms with Crippen LogP contribution in [0.25, 0.3) is 0 Å². The first-order valence-electron chi connectivity index (χ1n) is 25.4. The van der Waals surface area contributed by atoms with Crippen LogP contribution in [0.4, 0.5) is 10.5 Å². The summed E-state index contributed by atoms with van der Waals surface area (Å²) in [5, 5.41) is 14.6. The molecule has 0 aromatic heterocycles. The Morgan fingerprint density at radius 1 is 0.974 bits per heavy atom. The van der Waals surface area contributed by atoms with Crippen molar-refractivity contribution in [3.05, 3.63) is 57.0 Å². The van der Waals surface area contributed by atoms with Gasteiger partial charge in [0.05, 0.1) is 19.2 Å². The van der Waals surface area contributed by atoms with Crippen LogP contribution in [0, 0.1) is 17.3 Å². The first kappa shape index (κ1) is 62.0. The number of amides is 6. The van der Waals surface area contributed by atoms with Gasteiger partial charge in [-0.1, -0.05) is 67.3 Å². The fourth-order valence-corrected chi connectivity index (χ4v) is 12.3. The molecule has 1 aliphatic carbocycles. The van der Waals surface area contributed by atoms with Crippen LogP contribution in [0.3, 0.4) is 0 Å². The summed E-state index contributed by atoms with van der Waals surface area (Å²) in [6.07, 6.45) is 5.16. The number of hydrogen-bond donors (Lipinski definition) is 2. The molecular formula is C52H74Cl2N6O14S2. The number of unbranched alkanes of at least 4 members (excludes halogenated alkanes) is 2. The zero-order chi connectivity index (χ0) is 56.4. The van der Waals surface area contributed by atoms with E-state index in [1.807, 2.05) is 26.8 Å². The minimum Gasteiger partial charge on any atom is -0.495 e. The van der Waals surface area contributed by atoms with Crippen molar-refractivity contribution in [1.29, 1.82) is 0 Å². The number of carbonyl (C=O) groups is 7. The number of aliphatic hydroxyl groups is 1. The van der Waals surface area contributed by atoms with E-state index >= 15 is 0 Å². The SMILES string of the molecule is COc1cc2cc(c1Cl)N(C)C(=O)C[C@H](OC(=O)[C@H](C)N(C)C(=O)CCSCCC(=O)N(C)CCN(C)C(=O)CCCCCN1C(=O)C=C(Cl)S1(=O)=O)[C@@]1(C)C[C@H]1[C@H](C)[C@@H]1C[C@@](O)(NC(=O)O1)[C@H](OC)/C=C/C=C(\C)C2. The number of rotatable bonds is 20. The first-order chi connectivity index (χ1) is 35.7. The molecule has 0 radical (unpaired) electrons. The Labute approximate surface area is 460 Å². The minimum atomic E-state index is -3.96. The van der Waals surface area contributed by atoms with Crippen molar-refractivity contribution >= 4 is 92.3 Å². The zero-order valence-electron chi connectivity index (χ0n) is 45.1. The number of esters is 1. The van der Waals surface area contributed by atoms with Crippen molar-refractivity contribution < 1.29 is 66.0 Å². The molecule has 2 N–H and O–H groups in total. The van der Waals surface area contributed by atoms with E-state index in [9.17, 15) is 47.1 Å². The number of halogens is 2. The molecule has 24 heteroatoms. The molecule has 20 nitrogen and oxygen atoms in total. The van der Waals surface area contributed by atoms with Gasteiger partial charge in [0, 0.05) is 104 Å². The van der Waals surface area contributed by atoms with E-state index < -0.39 is 73.8 Å². The Kier molecular flexibility index (Phi) is 21.7. The quantitative estimate of drug-likeness (QED) is 0.119. The van der Waals surface area contributed by atoms with Gasteiger partial charge < -0.3 is 43.7 Å². The van der Waals surface area contributed by atoms with Crippen LogP contribution < -0.4 is 15.0 Å². The molecular weight excluding hydrogens is 1070 g/mol. The van der Waals surface area contributed by atoms with E-state index in [1.54, 1.807) is 52.4 Å². The fourth-order valence-electron chi connectivity index (χ4n) is 9.71. The second-order valence-corrected chi connectivity index (χ2v) is 24.5. The molecule has 6 amide bonds. The number of fused-ring (bicyclic) bond motifs is 5. The number of thioether (sulfide) groups is 1. The van der Waals surface area contributed by atoms with Crippen LogP contribution in [0.1, 0.15) is 91.0 Å². The van der Waals surface area contributed by atoms with Crippen LogP contribution in [-0.4, -0.2) is 178 Å². The van der Waals surface area contributed by atoms with E-state index in [-0.39, 0.29) is 73.2 Å². The van der Waals surface area contributed by atoms with E-state index in [0.29, 0.717) is 68.1 Å². The molecule has 0 unspecified atom stereocenters. The number of anilines is 1. The highest BCUT2D eigenvalue weighted by Crippen LogP contribution is 2.61. The predicted octanol–water partition coefficient (Wildman–Crippen LogP) is 5.63. The maximum atomic E-state index is 14.4. The number of carbonyl (C=O) groups excluding carboxylic acids is 7. The number of alkyl carbamates (subject to hydrolysis) is 1. The summed E-state index contributed by atoms with van der Waals surface area (Å²) < 4.78 is 47.8. The van der Waals surface area contributed by atoms with Crippen molar-refractivity contribution in [2.45, 2.75) is 122 Å². The third kappa shape index (κ3) is 15.2. The molecule has 5 rings (SSSR count). The average Bonchev–Trinajstić information content (AvgIpc) is 4.02. The monoisotopic (exact) mass is 1140 g/mol. The van der Waals surface area contributed by atoms with E-state index in [4.69, 9.17) is 42.1 Å². The summed E-state index contributed by atoms with van der Waals surface area (Å²) in [5.74, 6) is -1.84. The van der Waals surface area contributed by atoms with Crippen LogP contribution in [0.2, 0.25) is 5.02 Å². The van der Waals surface area contributed by atoms with Crippen LogP contribution in [0.15, 0.2) is 46.4 Å². The van der Waals surface area contributed by atoms with Gasteiger partial charge in [0.25, 0.3) is 15.9 Å². The van der Waals surface area contributed by atoms with Gasteiger partial charge in [-0.25, -0.2) is 22.3 Å². The molecule has 4 aliphatic rings. The molecule has 1 saturated heterocycles. The number of sulfonamides is 1. The Morgan fingerprint density at radius 3 is 2.24 bits per heavy atom. The lowest BCUT2D eigenvalue weighted by atomic mass is 9.83. The standard InChI is InChI=1S/C52H74Cl2N6O14S2/c1-32-15-14-16-40(72-10)52(68)31-39(73-50(67)55-52)33(2)36-30-51(36,4)41(28-46(64)59(8)37-26-35(25-32)27-38(71-9)48(37)54)74-49(66)34(3)58(7)45(63)19-24-75-23-18-44(62)57(6)22-21-56(5)43(61)17-12-11-13-20-60-47(65)29-42(53)76(60,69)70/h14-16,26-27,29,33-34,36,39-41,68H,11-13,17-25,28,30-31H2,1-10H3,(H,55,67)/b16-14+,32-15+/t33-,34-,36-,39-,40+,41-,51-,52-/m0/s1. The second kappa shape index (κ2) is 26.7. The van der Waals surface area contributed by atoms with Gasteiger partial charge >= 0.3 is 12.1 Å². The lowest BCUT2D eigenvalue weighted by molar-refractivity contribution is -0.163. The first-order valence-corrected chi connectivity index (χ1v) is 28.7. The Balaban J connectivity index is 1.15. The number of methoxy groups -OCH3 is 2. The number of allylic oxidation sites excluding steroid dienone is 3. The normalized spacial score (nSPS) is 26.9. The number of nitrogens with zero attached hydrogens (tertiary/aromatic N) is 5. The average molecular weight is 1140 g/mol. The second-order valence-electron chi connectivity index (χ2n) is 20.4. The Hall–Kier alpha value is -4.87. The topological polar surface area (TPSA) is 239 Å². The molecule has 1 aromatic carbocycles. The van der Waals surface area contributed by atoms with Gasteiger partial charge in [-0.2, -0.15) is 11.8 Å². The zero-order valence-corrected chi connectivity index (χ0v) is 48.2. The molecule has 422 valence electrons. The van der Waals surface area contributed by atoms with Gasteiger partial charge in [0.2, 0.25) is 23.6 Å². The molecule has 3 heterocycles. The molecule has 1 saturated carbocycles. The van der Waals surface area contributed by atoms with Gasteiger partial charge in [-0.3, -0.25) is 29.3 Å². The van der Waals surface area contributed by atoms with Crippen molar-refractivity contribution in [3.63, 3.8) is 0 Å². The summed E-state index contributed by atoms with van der Waals surface area (Å²) in [7, 11) is 5.34. The summed E-state index contributed by atoms with van der Waals surface area (Å²) in [6, 6.07) is 2.54. The molecule has 76 heavy (non-hydrogen) atoms. The van der Waals surface area contributed by atoms with E-state index in [0.717, 1.165) is 21.5 Å². The van der Waals surface area contributed by atoms with Gasteiger partial charge in [-0.15, -0.1) is 0 Å². The van der Waals surface area contributed by atoms with Gasteiger partial charge in [0.15, 0.2) is 10.1 Å². The third-order valence-electron chi connectivity index (χ3n) is 15.0. The summed E-state index contributed by atoms with van der Waals surface area (Å²) >= 11 is 13.9. The maximum absolute atomic E-state index is 14.4. The number of ether oxygens (including phenoxy) is 4. The highest BCUT2D eigenvalue weighted by Gasteiger charge is 2.62. The van der Waals surface area contributed by atoms with E-state index in [1.165, 1.54) is 52.6 Å². The number of hydrogen-bond acceptors (Lipinski definition) is 15. The summed E-state index contributed by atoms with van der Waals surface area (Å²) in [5.41, 5.74) is -0.522. The molecule has 8 atom stereocenters. The fraction of sp³-hybridized carbons (Fsp3) is 0.635.